The standard InChI is InChI=1S/C18H15FN4OS3/c19-15-8-6-13(7-9-15)10-20-21-16(24)12-26-18-23-22-17(27-18)25-11-14-4-2-1-3-5-14/h1-10H,11-12H2,(H,21,24). The molecule has 0 fully saturated rings. The molecule has 0 radical (unpaired) electrons. The van der Waals surface area contributed by atoms with Crippen LogP contribution < -0.4 is 5.43 Å². The number of benzene rings is 2. The third-order valence-corrected chi connectivity index (χ3v) is 6.45. The number of hydrogen-bond acceptors (Lipinski definition) is 7. The monoisotopic (exact) mass is 418 g/mol. The van der Waals surface area contributed by atoms with Crippen LogP contribution in [-0.2, 0) is 10.5 Å². The predicted octanol–water partition coefficient (Wildman–Crippen LogP) is 4.21. The molecular formula is C18H15FN4OS3. The molecule has 3 aromatic rings. The normalized spacial score (nSPS) is 11.0. The Morgan fingerprint density at radius 1 is 1.07 bits per heavy atom. The van der Waals surface area contributed by atoms with Crippen molar-refractivity contribution in [2.75, 3.05) is 5.75 Å². The average Bonchev–Trinajstić information content (AvgIpc) is 3.15. The molecular weight excluding hydrogens is 403 g/mol. The zero-order valence-corrected chi connectivity index (χ0v) is 16.5. The third kappa shape index (κ3) is 6.78. The molecule has 138 valence electrons. The summed E-state index contributed by atoms with van der Waals surface area (Å²) in [6.45, 7) is 0. The van der Waals surface area contributed by atoms with Crippen molar-refractivity contribution < 1.29 is 9.18 Å². The van der Waals surface area contributed by atoms with Gasteiger partial charge in [0.25, 0.3) is 5.91 Å². The molecule has 0 unspecified atom stereocenters. The van der Waals surface area contributed by atoms with Crippen LogP contribution in [0.25, 0.3) is 0 Å². The number of hydrazone groups is 1. The number of amides is 1. The van der Waals surface area contributed by atoms with Crippen LogP contribution >= 0.6 is 34.9 Å². The molecule has 1 heterocycles. The van der Waals surface area contributed by atoms with E-state index in [0.29, 0.717) is 5.56 Å². The van der Waals surface area contributed by atoms with Crippen molar-refractivity contribution in [2.24, 2.45) is 5.10 Å². The Balaban J connectivity index is 1.40. The minimum Gasteiger partial charge on any atom is -0.272 e. The number of aromatic nitrogens is 2. The first-order valence-electron chi connectivity index (χ1n) is 7.89. The van der Waals surface area contributed by atoms with Gasteiger partial charge >= 0.3 is 0 Å². The maximum atomic E-state index is 12.8. The van der Waals surface area contributed by atoms with Crippen LogP contribution in [0.4, 0.5) is 4.39 Å². The zero-order chi connectivity index (χ0) is 18.9. The molecule has 1 aromatic heterocycles. The summed E-state index contributed by atoms with van der Waals surface area (Å²) in [7, 11) is 0. The number of halogens is 1. The minimum absolute atomic E-state index is 0.193. The van der Waals surface area contributed by atoms with Crippen molar-refractivity contribution in [3.8, 4) is 0 Å². The largest absolute Gasteiger partial charge is 0.272 e. The van der Waals surface area contributed by atoms with Gasteiger partial charge in [0.1, 0.15) is 5.82 Å². The van der Waals surface area contributed by atoms with Gasteiger partial charge in [0, 0.05) is 5.75 Å². The number of rotatable bonds is 8. The van der Waals surface area contributed by atoms with Crippen LogP contribution in [0.15, 0.2) is 68.4 Å². The molecule has 0 atom stereocenters. The van der Waals surface area contributed by atoms with Crippen LogP contribution in [0.5, 0.6) is 0 Å². The van der Waals surface area contributed by atoms with Crippen LogP contribution in [0, 0.1) is 5.82 Å². The first kappa shape index (κ1) is 19.5. The van der Waals surface area contributed by atoms with E-state index in [1.54, 1.807) is 23.9 Å². The molecule has 9 heteroatoms. The molecule has 27 heavy (non-hydrogen) atoms. The van der Waals surface area contributed by atoms with Crippen molar-refractivity contribution in [2.45, 2.75) is 14.4 Å². The number of thioether (sulfide) groups is 2. The van der Waals surface area contributed by atoms with Gasteiger partial charge in [-0.05, 0) is 23.3 Å². The van der Waals surface area contributed by atoms with Crippen LogP contribution in [0.2, 0.25) is 0 Å². The number of nitrogens with zero attached hydrogens (tertiary/aromatic N) is 3. The van der Waals surface area contributed by atoms with E-state index in [-0.39, 0.29) is 17.5 Å². The third-order valence-electron chi connectivity index (χ3n) is 3.19. The highest BCUT2D eigenvalue weighted by atomic mass is 32.2. The van der Waals surface area contributed by atoms with Crippen molar-refractivity contribution in [1.29, 1.82) is 0 Å². The van der Waals surface area contributed by atoms with Gasteiger partial charge in [0.15, 0.2) is 8.68 Å². The van der Waals surface area contributed by atoms with E-state index in [1.165, 1.54) is 47.0 Å². The van der Waals surface area contributed by atoms with Gasteiger partial charge in [-0.1, -0.05) is 77.3 Å². The Kier molecular flexibility index (Phi) is 7.37. The Morgan fingerprint density at radius 3 is 2.52 bits per heavy atom. The second-order valence-electron chi connectivity index (χ2n) is 5.24. The quantitative estimate of drug-likeness (QED) is 0.337. The first-order chi connectivity index (χ1) is 13.2. The fraction of sp³-hybridized carbons (Fsp3) is 0.111. The zero-order valence-electron chi connectivity index (χ0n) is 14.0. The predicted molar refractivity (Wildman–Crippen MR) is 109 cm³/mol. The molecule has 0 aliphatic rings. The summed E-state index contributed by atoms with van der Waals surface area (Å²) in [5.74, 6) is 0.468. The van der Waals surface area contributed by atoms with Crippen molar-refractivity contribution in [3.63, 3.8) is 0 Å². The molecule has 1 amide bonds. The molecule has 0 aliphatic heterocycles. The van der Waals surface area contributed by atoms with Crippen LogP contribution in [-0.4, -0.2) is 28.1 Å². The maximum Gasteiger partial charge on any atom is 0.250 e. The molecule has 2 aromatic carbocycles. The number of nitrogens with one attached hydrogen (secondary N) is 1. The second-order valence-corrected chi connectivity index (χ2v) is 8.66. The molecule has 0 saturated carbocycles. The summed E-state index contributed by atoms with van der Waals surface area (Å²) in [4.78, 5) is 11.8. The van der Waals surface area contributed by atoms with E-state index in [1.807, 2.05) is 18.2 Å². The fourth-order valence-electron chi connectivity index (χ4n) is 1.92. The molecule has 0 saturated heterocycles. The molecule has 0 aliphatic carbocycles. The molecule has 0 spiro atoms. The van der Waals surface area contributed by atoms with E-state index in [4.69, 9.17) is 0 Å². The van der Waals surface area contributed by atoms with Crippen molar-refractivity contribution in [3.05, 3.63) is 71.5 Å². The van der Waals surface area contributed by atoms with E-state index in [0.717, 1.165) is 14.4 Å². The second kappa shape index (κ2) is 10.2. The van der Waals surface area contributed by atoms with Crippen molar-refractivity contribution in [1.82, 2.24) is 15.6 Å². The van der Waals surface area contributed by atoms with Crippen LogP contribution in [0.3, 0.4) is 0 Å². The summed E-state index contributed by atoms with van der Waals surface area (Å²) >= 11 is 4.40. The highest BCUT2D eigenvalue weighted by molar-refractivity contribution is 8.03. The van der Waals surface area contributed by atoms with E-state index in [9.17, 15) is 9.18 Å². The van der Waals surface area contributed by atoms with Gasteiger partial charge in [0.05, 0.1) is 12.0 Å². The highest BCUT2D eigenvalue weighted by Crippen LogP contribution is 2.30. The number of carbonyl (C=O) groups is 1. The minimum atomic E-state index is -0.314. The van der Waals surface area contributed by atoms with Gasteiger partial charge in [-0.25, -0.2) is 9.82 Å². The summed E-state index contributed by atoms with van der Waals surface area (Å²) in [5, 5.41) is 12.1. The number of hydrogen-bond donors (Lipinski definition) is 1. The lowest BCUT2D eigenvalue weighted by molar-refractivity contribution is -0.118. The van der Waals surface area contributed by atoms with Crippen LogP contribution in [0.1, 0.15) is 11.1 Å². The SMILES string of the molecule is O=C(CSc1nnc(SCc2ccccc2)s1)NN=Cc1ccc(F)cc1. The summed E-state index contributed by atoms with van der Waals surface area (Å²) in [6, 6.07) is 16.0. The van der Waals surface area contributed by atoms with E-state index >= 15 is 0 Å². The fourth-order valence-corrected chi connectivity index (χ4v) is 4.69. The van der Waals surface area contributed by atoms with Crippen molar-refractivity contribution >= 4 is 47.0 Å². The lowest BCUT2D eigenvalue weighted by atomic mass is 10.2. The molecule has 1 N–H and O–H groups in total. The van der Waals surface area contributed by atoms with E-state index < -0.39 is 0 Å². The Hall–Kier alpha value is -2.23. The van der Waals surface area contributed by atoms with Gasteiger partial charge in [-0.2, -0.15) is 5.10 Å². The molecule has 5 nitrogen and oxygen atoms in total. The Labute approximate surface area is 168 Å². The topological polar surface area (TPSA) is 67.2 Å². The Morgan fingerprint density at radius 2 is 1.78 bits per heavy atom. The van der Waals surface area contributed by atoms with Gasteiger partial charge in [-0.15, -0.1) is 10.2 Å². The van der Waals surface area contributed by atoms with Gasteiger partial charge in [0.2, 0.25) is 0 Å². The smallest absolute Gasteiger partial charge is 0.250 e. The highest BCUT2D eigenvalue weighted by Gasteiger charge is 2.08. The summed E-state index contributed by atoms with van der Waals surface area (Å²) in [6.07, 6.45) is 1.46. The lowest BCUT2D eigenvalue weighted by Crippen LogP contribution is -2.19. The lowest BCUT2D eigenvalue weighted by Gasteiger charge is -1.98. The molecule has 0 bridgehead atoms. The summed E-state index contributed by atoms with van der Waals surface area (Å²) < 4.78 is 14.4. The first-order valence-corrected chi connectivity index (χ1v) is 10.7. The average molecular weight is 419 g/mol. The maximum absolute atomic E-state index is 12.8. The number of carbonyl (C=O) groups excluding carboxylic acids is 1. The Bertz CT molecular complexity index is 900. The van der Waals surface area contributed by atoms with Gasteiger partial charge < -0.3 is 0 Å². The van der Waals surface area contributed by atoms with E-state index in [2.05, 4.69) is 32.9 Å². The van der Waals surface area contributed by atoms with Gasteiger partial charge in [-0.3, -0.25) is 4.79 Å². The summed E-state index contributed by atoms with van der Waals surface area (Å²) in [5.41, 5.74) is 4.37. The molecule has 3 rings (SSSR count).